The van der Waals surface area contributed by atoms with Crippen LogP contribution in [0.4, 0.5) is 0 Å². The SMILES string of the molecule is CCCCCCCc1c(O)c(=O)[nH]c2ccccc12. The van der Waals surface area contributed by atoms with E-state index in [1.165, 1.54) is 19.3 Å². The fraction of sp³-hybridized carbons (Fsp3) is 0.438. The van der Waals surface area contributed by atoms with Crippen molar-refractivity contribution < 1.29 is 5.11 Å². The Morgan fingerprint density at radius 1 is 1.11 bits per heavy atom. The number of aromatic amines is 1. The van der Waals surface area contributed by atoms with Crippen LogP contribution < -0.4 is 5.56 Å². The number of unbranched alkanes of at least 4 members (excludes halogenated alkanes) is 4. The summed E-state index contributed by atoms with van der Waals surface area (Å²) in [5.41, 5.74) is 1.20. The van der Waals surface area contributed by atoms with Gasteiger partial charge < -0.3 is 10.1 Å². The van der Waals surface area contributed by atoms with E-state index in [9.17, 15) is 9.90 Å². The average Bonchev–Trinajstić information content (AvgIpc) is 2.42. The lowest BCUT2D eigenvalue weighted by molar-refractivity contribution is 0.459. The van der Waals surface area contributed by atoms with E-state index in [1.54, 1.807) is 0 Å². The van der Waals surface area contributed by atoms with Gasteiger partial charge in [-0.05, 0) is 18.9 Å². The molecule has 3 nitrogen and oxygen atoms in total. The Labute approximate surface area is 113 Å². The fourth-order valence-electron chi connectivity index (χ4n) is 2.46. The predicted octanol–water partition coefficient (Wildman–Crippen LogP) is 3.75. The van der Waals surface area contributed by atoms with Crippen LogP contribution >= 0.6 is 0 Å². The van der Waals surface area contributed by atoms with Gasteiger partial charge in [0.05, 0.1) is 0 Å². The van der Waals surface area contributed by atoms with Gasteiger partial charge in [0.15, 0.2) is 5.75 Å². The molecule has 0 bridgehead atoms. The van der Waals surface area contributed by atoms with Crippen molar-refractivity contribution in [3.63, 3.8) is 0 Å². The quantitative estimate of drug-likeness (QED) is 0.776. The van der Waals surface area contributed by atoms with Gasteiger partial charge in [-0.3, -0.25) is 4.79 Å². The topological polar surface area (TPSA) is 53.1 Å². The molecular weight excluding hydrogens is 238 g/mol. The lowest BCUT2D eigenvalue weighted by Crippen LogP contribution is -2.08. The van der Waals surface area contributed by atoms with Crippen LogP contribution in [0, 0.1) is 0 Å². The first-order chi connectivity index (χ1) is 9.24. The number of aromatic hydroxyl groups is 1. The number of rotatable bonds is 6. The Balaban J connectivity index is 2.21. The van der Waals surface area contributed by atoms with Crippen LogP contribution in [0.2, 0.25) is 0 Å². The monoisotopic (exact) mass is 259 g/mol. The molecule has 2 N–H and O–H groups in total. The number of nitrogens with one attached hydrogen (secondary N) is 1. The van der Waals surface area contributed by atoms with Gasteiger partial charge in [0.25, 0.3) is 5.56 Å². The second-order valence-electron chi connectivity index (χ2n) is 4.99. The summed E-state index contributed by atoms with van der Waals surface area (Å²) in [7, 11) is 0. The minimum Gasteiger partial charge on any atom is -0.503 e. The molecule has 1 aromatic heterocycles. The number of para-hydroxylation sites is 1. The maximum absolute atomic E-state index is 11.7. The Hall–Kier alpha value is -1.77. The molecule has 3 heteroatoms. The van der Waals surface area contributed by atoms with E-state index in [2.05, 4.69) is 11.9 Å². The second-order valence-corrected chi connectivity index (χ2v) is 4.99. The van der Waals surface area contributed by atoms with E-state index in [-0.39, 0.29) is 11.3 Å². The lowest BCUT2D eigenvalue weighted by atomic mass is 10.0. The number of fused-ring (bicyclic) bond motifs is 1. The van der Waals surface area contributed by atoms with Gasteiger partial charge in [-0.2, -0.15) is 0 Å². The molecule has 0 fully saturated rings. The molecule has 2 rings (SSSR count). The minimum atomic E-state index is -0.387. The molecular formula is C16H21NO2. The van der Waals surface area contributed by atoms with Crippen LogP contribution in [0.25, 0.3) is 10.9 Å². The molecule has 19 heavy (non-hydrogen) atoms. The number of benzene rings is 1. The van der Waals surface area contributed by atoms with Crippen LogP contribution in [0.3, 0.4) is 0 Å². The average molecular weight is 259 g/mol. The molecule has 0 spiro atoms. The molecule has 0 aliphatic rings. The summed E-state index contributed by atoms with van der Waals surface area (Å²) in [5, 5.41) is 10.9. The first-order valence-electron chi connectivity index (χ1n) is 7.07. The summed E-state index contributed by atoms with van der Waals surface area (Å²) < 4.78 is 0. The summed E-state index contributed by atoms with van der Waals surface area (Å²) in [4.78, 5) is 14.4. The third kappa shape index (κ3) is 3.16. The summed E-state index contributed by atoms with van der Waals surface area (Å²) >= 11 is 0. The molecule has 0 aliphatic heterocycles. The number of H-pyrrole nitrogens is 1. The van der Waals surface area contributed by atoms with Crippen LogP contribution in [-0.2, 0) is 6.42 Å². The highest BCUT2D eigenvalue weighted by Gasteiger charge is 2.10. The molecule has 1 aromatic carbocycles. The molecule has 0 saturated heterocycles. The zero-order chi connectivity index (χ0) is 13.7. The molecule has 0 atom stereocenters. The molecule has 0 radical (unpaired) electrons. The van der Waals surface area contributed by atoms with Gasteiger partial charge in [0.2, 0.25) is 0 Å². The third-order valence-corrected chi connectivity index (χ3v) is 3.53. The summed E-state index contributed by atoms with van der Waals surface area (Å²) in [6.45, 7) is 2.19. The van der Waals surface area contributed by atoms with Crippen LogP contribution in [0.1, 0.15) is 44.6 Å². The summed E-state index contributed by atoms with van der Waals surface area (Å²) in [6, 6.07) is 7.64. The van der Waals surface area contributed by atoms with Crippen molar-refractivity contribution in [2.24, 2.45) is 0 Å². The molecule has 0 unspecified atom stereocenters. The standard InChI is InChI=1S/C16H21NO2/c1-2-3-4-5-6-10-13-12-9-7-8-11-14(12)17-16(19)15(13)18/h7-9,11,18H,2-6,10H2,1H3,(H,17,19). The Kier molecular flexibility index (Phi) is 4.61. The minimum absolute atomic E-state index is 0.116. The van der Waals surface area contributed by atoms with Crippen molar-refractivity contribution in [3.05, 3.63) is 40.2 Å². The van der Waals surface area contributed by atoms with E-state index in [4.69, 9.17) is 0 Å². The van der Waals surface area contributed by atoms with E-state index >= 15 is 0 Å². The molecule has 0 amide bonds. The largest absolute Gasteiger partial charge is 0.503 e. The Morgan fingerprint density at radius 2 is 1.84 bits per heavy atom. The van der Waals surface area contributed by atoms with Gasteiger partial charge in [0.1, 0.15) is 0 Å². The second kappa shape index (κ2) is 6.41. The van der Waals surface area contributed by atoms with Crippen LogP contribution in [0.5, 0.6) is 5.75 Å². The highest BCUT2D eigenvalue weighted by Crippen LogP contribution is 2.24. The fourth-order valence-corrected chi connectivity index (χ4v) is 2.46. The van der Waals surface area contributed by atoms with Crippen molar-refractivity contribution in [1.29, 1.82) is 0 Å². The van der Waals surface area contributed by atoms with Gasteiger partial charge in [0, 0.05) is 16.5 Å². The first kappa shape index (κ1) is 13.7. The zero-order valence-corrected chi connectivity index (χ0v) is 11.4. The number of pyridine rings is 1. The lowest BCUT2D eigenvalue weighted by Gasteiger charge is -2.08. The van der Waals surface area contributed by atoms with Crippen molar-refractivity contribution in [3.8, 4) is 5.75 Å². The number of aromatic nitrogens is 1. The van der Waals surface area contributed by atoms with Gasteiger partial charge in [-0.1, -0.05) is 50.8 Å². The molecule has 0 aliphatic carbocycles. The molecule has 1 heterocycles. The molecule has 102 valence electrons. The van der Waals surface area contributed by atoms with Crippen molar-refractivity contribution >= 4 is 10.9 Å². The summed E-state index contributed by atoms with van der Waals surface area (Å²) in [6.07, 6.45) is 6.62. The Bertz CT molecular complexity index is 601. The maximum Gasteiger partial charge on any atom is 0.290 e. The van der Waals surface area contributed by atoms with E-state index in [0.29, 0.717) is 0 Å². The van der Waals surface area contributed by atoms with Crippen molar-refractivity contribution in [2.45, 2.75) is 45.4 Å². The van der Waals surface area contributed by atoms with Crippen LogP contribution in [-0.4, -0.2) is 10.1 Å². The summed E-state index contributed by atoms with van der Waals surface area (Å²) in [5.74, 6) is -0.116. The van der Waals surface area contributed by atoms with Crippen molar-refractivity contribution in [1.82, 2.24) is 4.98 Å². The normalized spacial score (nSPS) is 11.0. The first-order valence-corrected chi connectivity index (χ1v) is 7.07. The van der Waals surface area contributed by atoms with Crippen molar-refractivity contribution in [2.75, 3.05) is 0 Å². The smallest absolute Gasteiger partial charge is 0.290 e. The van der Waals surface area contributed by atoms with Gasteiger partial charge >= 0.3 is 0 Å². The maximum atomic E-state index is 11.7. The van der Waals surface area contributed by atoms with Gasteiger partial charge in [-0.15, -0.1) is 0 Å². The van der Waals surface area contributed by atoms with E-state index < -0.39 is 0 Å². The van der Waals surface area contributed by atoms with Crippen LogP contribution in [0.15, 0.2) is 29.1 Å². The third-order valence-electron chi connectivity index (χ3n) is 3.53. The van der Waals surface area contributed by atoms with E-state index in [1.807, 2.05) is 24.3 Å². The zero-order valence-electron chi connectivity index (χ0n) is 11.4. The van der Waals surface area contributed by atoms with E-state index in [0.717, 1.165) is 35.7 Å². The predicted molar refractivity (Wildman–Crippen MR) is 78.7 cm³/mol. The van der Waals surface area contributed by atoms with Gasteiger partial charge in [-0.25, -0.2) is 0 Å². The molecule has 2 aromatic rings. The molecule has 0 saturated carbocycles. The number of hydrogen-bond donors (Lipinski definition) is 2. The highest BCUT2D eigenvalue weighted by molar-refractivity contribution is 5.83. The highest BCUT2D eigenvalue weighted by atomic mass is 16.3. The Morgan fingerprint density at radius 3 is 2.63 bits per heavy atom. The number of hydrogen-bond acceptors (Lipinski definition) is 2. The number of aryl methyl sites for hydroxylation is 1.